The number of nitro groups is 3. The number of anilines is 1. The largest absolute Gasteiger partial charge is 0.478 e. The maximum atomic E-state index is 12.4. The average molecular weight is 376 g/mol. The number of nitro benzene ring substituents is 3. The second-order valence-electron chi connectivity index (χ2n) is 4.97. The number of carbonyl (C=O) groups excluding carboxylic acids is 1. The van der Waals surface area contributed by atoms with Gasteiger partial charge in [0.2, 0.25) is 0 Å². The molecule has 2 rings (SSSR count). The predicted molar refractivity (Wildman–Crippen MR) is 87.8 cm³/mol. The summed E-state index contributed by atoms with van der Waals surface area (Å²) in [6.07, 6.45) is 0. The molecule has 0 radical (unpaired) electrons. The first-order valence-corrected chi connectivity index (χ1v) is 6.87. The van der Waals surface area contributed by atoms with E-state index in [1.165, 1.54) is 18.2 Å². The lowest BCUT2D eigenvalue weighted by molar-refractivity contribution is -0.403. The lowest BCUT2D eigenvalue weighted by atomic mass is 10.1. The van der Waals surface area contributed by atoms with E-state index in [9.17, 15) is 39.9 Å². The van der Waals surface area contributed by atoms with Crippen molar-refractivity contribution < 1.29 is 29.5 Å². The van der Waals surface area contributed by atoms with E-state index in [2.05, 4.69) is 5.32 Å². The average Bonchev–Trinajstić information content (AvgIpc) is 2.60. The van der Waals surface area contributed by atoms with Gasteiger partial charge in [0.15, 0.2) is 5.56 Å². The third kappa shape index (κ3) is 3.98. The molecule has 13 heteroatoms. The van der Waals surface area contributed by atoms with Gasteiger partial charge in [-0.05, 0) is 18.2 Å². The van der Waals surface area contributed by atoms with Gasteiger partial charge >= 0.3 is 5.97 Å². The van der Waals surface area contributed by atoms with Crippen LogP contribution < -0.4 is 5.32 Å². The molecule has 0 bridgehead atoms. The van der Waals surface area contributed by atoms with Gasteiger partial charge in [-0.1, -0.05) is 6.07 Å². The van der Waals surface area contributed by atoms with Crippen LogP contribution in [0.2, 0.25) is 0 Å². The van der Waals surface area contributed by atoms with Gasteiger partial charge in [0.1, 0.15) is 0 Å². The molecule has 2 aromatic rings. The highest BCUT2D eigenvalue weighted by molar-refractivity contribution is 6.10. The first-order valence-electron chi connectivity index (χ1n) is 6.87. The number of hydrogen-bond donors (Lipinski definition) is 2. The topological polar surface area (TPSA) is 196 Å². The summed E-state index contributed by atoms with van der Waals surface area (Å²) in [7, 11) is 0. The molecule has 0 saturated carbocycles. The van der Waals surface area contributed by atoms with Crippen LogP contribution in [0.25, 0.3) is 0 Å². The minimum Gasteiger partial charge on any atom is -0.478 e. The zero-order valence-corrected chi connectivity index (χ0v) is 13.0. The normalized spacial score (nSPS) is 10.1. The summed E-state index contributed by atoms with van der Waals surface area (Å²) in [6.45, 7) is 0. The van der Waals surface area contributed by atoms with Crippen LogP contribution in [0.15, 0.2) is 36.4 Å². The molecule has 27 heavy (non-hydrogen) atoms. The van der Waals surface area contributed by atoms with Gasteiger partial charge in [-0.3, -0.25) is 35.1 Å². The summed E-state index contributed by atoms with van der Waals surface area (Å²) in [6, 6.07) is 5.63. The summed E-state index contributed by atoms with van der Waals surface area (Å²) in [5.74, 6) is -2.61. The molecule has 2 aromatic carbocycles. The van der Waals surface area contributed by atoms with Gasteiger partial charge in [-0.15, -0.1) is 0 Å². The summed E-state index contributed by atoms with van der Waals surface area (Å²) in [5, 5.41) is 44.2. The van der Waals surface area contributed by atoms with E-state index < -0.39 is 49.3 Å². The summed E-state index contributed by atoms with van der Waals surface area (Å²) >= 11 is 0. The number of nitrogens with one attached hydrogen (secondary N) is 1. The smallest absolute Gasteiger partial charge is 0.335 e. The second kappa shape index (κ2) is 7.22. The number of non-ortho nitro benzene ring substituents is 1. The lowest BCUT2D eigenvalue weighted by Crippen LogP contribution is -2.17. The number of carboxylic acids is 1. The highest BCUT2D eigenvalue weighted by Crippen LogP contribution is 2.34. The van der Waals surface area contributed by atoms with E-state index in [-0.39, 0.29) is 11.3 Å². The molecule has 138 valence electrons. The number of amides is 1. The lowest BCUT2D eigenvalue weighted by Gasteiger charge is -2.07. The summed E-state index contributed by atoms with van der Waals surface area (Å²) < 4.78 is 0. The molecule has 0 aliphatic rings. The molecule has 13 nitrogen and oxygen atoms in total. The number of carboxylic acid groups (broad SMARTS) is 1. The van der Waals surface area contributed by atoms with Gasteiger partial charge in [-0.2, -0.15) is 0 Å². The predicted octanol–water partition coefficient (Wildman–Crippen LogP) is 2.36. The first-order chi connectivity index (χ1) is 12.6. The quantitative estimate of drug-likeness (QED) is 0.561. The molecular weight excluding hydrogens is 368 g/mol. The Balaban J connectivity index is 2.58. The van der Waals surface area contributed by atoms with Gasteiger partial charge < -0.3 is 10.4 Å². The molecule has 0 aliphatic heterocycles. The number of aromatic carboxylic acids is 1. The second-order valence-corrected chi connectivity index (χ2v) is 4.97. The summed E-state index contributed by atoms with van der Waals surface area (Å²) in [5.41, 5.74) is -4.51. The first kappa shape index (κ1) is 18.9. The minimum atomic E-state index is -1.31. The Hall–Kier alpha value is -4.42. The fraction of sp³-hybridized carbons (Fsp3) is 0. The van der Waals surface area contributed by atoms with Crippen LogP contribution >= 0.6 is 0 Å². The maximum Gasteiger partial charge on any atom is 0.335 e. The maximum absolute atomic E-state index is 12.4. The van der Waals surface area contributed by atoms with Crippen molar-refractivity contribution >= 4 is 34.6 Å². The third-order valence-corrected chi connectivity index (χ3v) is 3.28. The molecular formula is C14H8N4O9. The third-order valence-electron chi connectivity index (χ3n) is 3.28. The van der Waals surface area contributed by atoms with Crippen molar-refractivity contribution in [1.29, 1.82) is 0 Å². The van der Waals surface area contributed by atoms with E-state index in [0.29, 0.717) is 12.1 Å². The fourth-order valence-electron chi connectivity index (χ4n) is 2.15. The van der Waals surface area contributed by atoms with E-state index >= 15 is 0 Å². The molecule has 2 N–H and O–H groups in total. The van der Waals surface area contributed by atoms with Crippen molar-refractivity contribution in [2.75, 3.05) is 5.32 Å². The highest BCUT2D eigenvalue weighted by Gasteiger charge is 2.35. The Bertz CT molecular complexity index is 967. The molecule has 1 amide bonds. The van der Waals surface area contributed by atoms with E-state index in [1.807, 2.05) is 0 Å². The van der Waals surface area contributed by atoms with E-state index in [0.717, 1.165) is 6.07 Å². The van der Waals surface area contributed by atoms with Crippen molar-refractivity contribution in [3.05, 3.63) is 77.9 Å². The molecule has 0 aromatic heterocycles. The van der Waals surface area contributed by atoms with Crippen LogP contribution in [0, 0.1) is 30.3 Å². The van der Waals surface area contributed by atoms with Gasteiger partial charge in [-0.25, -0.2) is 4.79 Å². The number of carbonyl (C=O) groups is 2. The number of nitrogens with zero attached hydrogens (tertiary/aromatic N) is 3. The van der Waals surface area contributed by atoms with Crippen molar-refractivity contribution in [3.8, 4) is 0 Å². The number of benzene rings is 2. The molecule has 0 saturated heterocycles. The van der Waals surface area contributed by atoms with Crippen LogP contribution in [0.3, 0.4) is 0 Å². The van der Waals surface area contributed by atoms with Crippen molar-refractivity contribution in [3.63, 3.8) is 0 Å². The SMILES string of the molecule is O=C(O)c1cccc(NC(=O)c2c([N+](=O)[O-])cc([N+](=O)[O-])cc2[N+](=O)[O-])c1. The fourth-order valence-corrected chi connectivity index (χ4v) is 2.15. The zero-order chi connectivity index (χ0) is 20.3. The zero-order valence-electron chi connectivity index (χ0n) is 13.0. The Kier molecular flexibility index (Phi) is 5.06. The van der Waals surface area contributed by atoms with Crippen LogP contribution in [-0.4, -0.2) is 31.8 Å². The Morgan fingerprint density at radius 1 is 0.889 bits per heavy atom. The monoisotopic (exact) mass is 376 g/mol. The van der Waals surface area contributed by atoms with Gasteiger partial charge in [0.25, 0.3) is 23.0 Å². The molecule has 0 atom stereocenters. The number of rotatable bonds is 6. The molecule has 0 aliphatic carbocycles. The van der Waals surface area contributed by atoms with Crippen molar-refractivity contribution in [1.82, 2.24) is 0 Å². The van der Waals surface area contributed by atoms with Crippen molar-refractivity contribution in [2.24, 2.45) is 0 Å². The van der Waals surface area contributed by atoms with E-state index in [1.54, 1.807) is 0 Å². The highest BCUT2D eigenvalue weighted by atomic mass is 16.6. The molecule has 0 fully saturated rings. The molecule has 0 heterocycles. The Morgan fingerprint density at radius 3 is 1.89 bits per heavy atom. The van der Waals surface area contributed by atoms with Crippen LogP contribution in [0.5, 0.6) is 0 Å². The minimum absolute atomic E-state index is 0.0955. The number of hydrogen-bond acceptors (Lipinski definition) is 8. The van der Waals surface area contributed by atoms with E-state index in [4.69, 9.17) is 5.11 Å². The van der Waals surface area contributed by atoms with Gasteiger partial charge in [0.05, 0.1) is 32.5 Å². The van der Waals surface area contributed by atoms with Crippen LogP contribution in [0.4, 0.5) is 22.7 Å². The molecule has 0 spiro atoms. The molecule has 0 unspecified atom stereocenters. The van der Waals surface area contributed by atoms with Crippen LogP contribution in [-0.2, 0) is 0 Å². The standard InChI is InChI=1S/C14H8N4O9/c19-13(15-8-3-1-2-7(4-8)14(20)21)12-10(17(24)25)5-9(16(22)23)6-11(12)18(26)27/h1-6H,(H,15,19)(H,20,21). The Morgan fingerprint density at radius 2 is 1.44 bits per heavy atom. The summed E-state index contributed by atoms with van der Waals surface area (Å²) in [4.78, 5) is 53.1. The van der Waals surface area contributed by atoms with Crippen molar-refractivity contribution in [2.45, 2.75) is 0 Å². The van der Waals surface area contributed by atoms with Gasteiger partial charge in [0, 0.05) is 5.69 Å². The Labute approximate surface area is 148 Å². The van der Waals surface area contributed by atoms with Crippen LogP contribution in [0.1, 0.15) is 20.7 Å².